The number of ether oxygens (including phenoxy) is 2. The predicted octanol–water partition coefficient (Wildman–Crippen LogP) is 5.72. The summed E-state index contributed by atoms with van der Waals surface area (Å²) >= 11 is 1.27. The van der Waals surface area contributed by atoms with E-state index in [1.54, 1.807) is 18.2 Å². The number of carbonyl (C=O) groups excluding carboxylic acids is 2. The highest BCUT2D eigenvalue weighted by atomic mass is 32.2. The minimum absolute atomic E-state index is 0.0411. The molecule has 0 bridgehead atoms. The molecule has 0 aliphatic heterocycles. The van der Waals surface area contributed by atoms with E-state index in [1.165, 1.54) is 37.6 Å². The van der Waals surface area contributed by atoms with Crippen molar-refractivity contribution in [1.82, 2.24) is 20.2 Å². The highest BCUT2D eigenvalue weighted by Crippen LogP contribution is 2.30. The lowest BCUT2D eigenvalue weighted by molar-refractivity contribution is -0.132. The predicted molar refractivity (Wildman–Crippen MR) is 161 cm³/mol. The standard InChI is InChI=1S/C31H33N5O4S/c1-20-7-14-25(15-8-20)36-29(23-10-12-24(13-11-23)31(3,4)5)34-35-30(36)41-19-28(38)33-32-18-22-9-16-26(40-21(2)37)27(17-22)39-6/h7-18H,19H2,1-6H3,(H,33,38)/b32-18+. The molecular formula is C31H33N5O4S. The van der Waals surface area contributed by atoms with Gasteiger partial charge in [-0.25, -0.2) is 5.43 Å². The molecule has 0 spiro atoms. The number of amides is 1. The van der Waals surface area contributed by atoms with Gasteiger partial charge in [0.25, 0.3) is 5.91 Å². The molecule has 4 rings (SSSR count). The Hall–Kier alpha value is -4.44. The van der Waals surface area contributed by atoms with Gasteiger partial charge >= 0.3 is 5.97 Å². The Bertz CT molecular complexity index is 1560. The molecule has 1 amide bonds. The number of aromatic nitrogens is 3. The molecule has 9 nitrogen and oxygen atoms in total. The number of carbonyl (C=O) groups is 2. The second kappa shape index (κ2) is 12.8. The summed E-state index contributed by atoms with van der Waals surface area (Å²) in [5.41, 5.74) is 7.45. The first-order valence-corrected chi connectivity index (χ1v) is 14.0. The summed E-state index contributed by atoms with van der Waals surface area (Å²) in [6, 6.07) is 21.4. The molecule has 0 fully saturated rings. The van der Waals surface area contributed by atoms with Crippen molar-refractivity contribution >= 4 is 29.9 Å². The zero-order chi connectivity index (χ0) is 29.6. The molecule has 10 heteroatoms. The van der Waals surface area contributed by atoms with Crippen LogP contribution in [-0.4, -0.2) is 45.7 Å². The first kappa shape index (κ1) is 29.5. The number of benzene rings is 3. The monoisotopic (exact) mass is 571 g/mol. The van der Waals surface area contributed by atoms with Crippen LogP contribution in [0.1, 0.15) is 44.4 Å². The zero-order valence-electron chi connectivity index (χ0n) is 24.0. The van der Waals surface area contributed by atoms with E-state index in [0.29, 0.717) is 28.0 Å². The van der Waals surface area contributed by atoms with Crippen LogP contribution in [0.2, 0.25) is 0 Å². The van der Waals surface area contributed by atoms with Crippen molar-refractivity contribution in [3.8, 4) is 28.6 Å². The van der Waals surface area contributed by atoms with E-state index in [2.05, 4.69) is 65.8 Å². The summed E-state index contributed by atoms with van der Waals surface area (Å²) in [5.74, 6) is 0.716. The van der Waals surface area contributed by atoms with Gasteiger partial charge in [0.1, 0.15) is 0 Å². The summed E-state index contributed by atoms with van der Waals surface area (Å²) in [6.07, 6.45) is 1.48. The molecule has 0 saturated heterocycles. The summed E-state index contributed by atoms with van der Waals surface area (Å²) in [4.78, 5) is 23.9. The Morgan fingerprint density at radius 3 is 2.34 bits per heavy atom. The number of esters is 1. The summed E-state index contributed by atoms with van der Waals surface area (Å²) in [7, 11) is 1.48. The number of methoxy groups -OCH3 is 1. The molecule has 1 N–H and O–H groups in total. The number of nitrogens with one attached hydrogen (secondary N) is 1. The fraction of sp³-hybridized carbons (Fsp3) is 0.258. The lowest BCUT2D eigenvalue weighted by Crippen LogP contribution is -2.20. The molecule has 1 heterocycles. The Kier molecular flexibility index (Phi) is 9.24. The van der Waals surface area contributed by atoms with E-state index in [4.69, 9.17) is 9.47 Å². The van der Waals surface area contributed by atoms with Crippen molar-refractivity contribution in [1.29, 1.82) is 0 Å². The van der Waals surface area contributed by atoms with Crippen molar-refractivity contribution in [2.24, 2.45) is 5.10 Å². The van der Waals surface area contributed by atoms with Crippen LogP contribution in [0.25, 0.3) is 17.1 Å². The van der Waals surface area contributed by atoms with Crippen LogP contribution in [0.15, 0.2) is 77.0 Å². The van der Waals surface area contributed by atoms with Crippen molar-refractivity contribution in [3.05, 3.63) is 83.4 Å². The molecule has 4 aromatic rings. The van der Waals surface area contributed by atoms with Gasteiger partial charge in [0, 0.05) is 18.2 Å². The average Bonchev–Trinajstić information content (AvgIpc) is 3.36. The Morgan fingerprint density at radius 1 is 1.00 bits per heavy atom. The van der Waals surface area contributed by atoms with Crippen LogP contribution in [0, 0.1) is 6.92 Å². The number of hydrogen-bond acceptors (Lipinski definition) is 8. The quantitative estimate of drug-likeness (QED) is 0.0901. The maximum absolute atomic E-state index is 12.6. The van der Waals surface area contributed by atoms with Gasteiger partial charge < -0.3 is 9.47 Å². The minimum Gasteiger partial charge on any atom is -0.493 e. The third-order valence-electron chi connectivity index (χ3n) is 6.11. The fourth-order valence-electron chi connectivity index (χ4n) is 3.94. The Balaban J connectivity index is 1.49. The first-order chi connectivity index (χ1) is 19.5. The summed E-state index contributed by atoms with van der Waals surface area (Å²) in [6.45, 7) is 9.89. The molecule has 0 atom stereocenters. The number of hydrazone groups is 1. The zero-order valence-corrected chi connectivity index (χ0v) is 24.8. The molecule has 0 saturated carbocycles. The maximum atomic E-state index is 12.6. The van der Waals surface area contributed by atoms with E-state index in [0.717, 1.165) is 16.8 Å². The maximum Gasteiger partial charge on any atom is 0.308 e. The van der Waals surface area contributed by atoms with Gasteiger partial charge in [-0.15, -0.1) is 10.2 Å². The summed E-state index contributed by atoms with van der Waals surface area (Å²) in [5, 5.41) is 13.5. The second-order valence-electron chi connectivity index (χ2n) is 10.4. The normalized spacial score (nSPS) is 11.5. The minimum atomic E-state index is -0.446. The summed E-state index contributed by atoms with van der Waals surface area (Å²) < 4.78 is 12.3. The lowest BCUT2D eigenvalue weighted by Gasteiger charge is -2.19. The smallest absolute Gasteiger partial charge is 0.308 e. The first-order valence-electron chi connectivity index (χ1n) is 13.0. The Labute approximate surface area is 244 Å². The van der Waals surface area contributed by atoms with Crippen molar-refractivity contribution in [3.63, 3.8) is 0 Å². The molecule has 1 aromatic heterocycles. The second-order valence-corrected chi connectivity index (χ2v) is 11.3. The molecule has 0 aliphatic rings. The third-order valence-corrected chi connectivity index (χ3v) is 7.04. The topological polar surface area (TPSA) is 108 Å². The molecule has 41 heavy (non-hydrogen) atoms. The highest BCUT2D eigenvalue weighted by Gasteiger charge is 2.19. The molecular weight excluding hydrogens is 538 g/mol. The van der Waals surface area contributed by atoms with Gasteiger partial charge in [-0.05, 0) is 53.8 Å². The van der Waals surface area contributed by atoms with Gasteiger partial charge in [-0.1, -0.05) is 74.5 Å². The van der Waals surface area contributed by atoms with E-state index >= 15 is 0 Å². The van der Waals surface area contributed by atoms with Crippen LogP contribution in [0.4, 0.5) is 0 Å². The van der Waals surface area contributed by atoms with E-state index in [-0.39, 0.29) is 17.1 Å². The number of hydrogen-bond donors (Lipinski definition) is 1. The molecule has 0 aliphatic carbocycles. The largest absolute Gasteiger partial charge is 0.493 e. The van der Waals surface area contributed by atoms with Crippen molar-refractivity contribution < 1.29 is 19.1 Å². The number of nitrogens with zero attached hydrogens (tertiary/aromatic N) is 4. The van der Waals surface area contributed by atoms with Crippen molar-refractivity contribution in [2.75, 3.05) is 12.9 Å². The van der Waals surface area contributed by atoms with Crippen LogP contribution in [0.3, 0.4) is 0 Å². The van der Waals surface area contributed by atoms with Gasteiger partial charge in [0.05, 0.1) is 19.1 Å². The SMILES string of the molecule is COc1cc(/C=N/NC(=O)CSc2nnc(-c3ccc(C(C)(C)C)cc3)n2-c2ccc(C)cc2)ccc1OC(C)=O. The van der Waals surface area contributed by atoms with Crippen molar-refractivity contribution in [2.45, 2.75) is 45.2 Å². The fourth-order valence-corrected chi connectivity index (χ4v) is 4.69. The highest BCUT2D eigenvalue weighted by molar-refractivity contribution is 7.99. The molecule has 0 radical (unpaired) electrons. The van der Waals surface area contributed by atoms with E-state index < -0.39 is 5.97 Å². The van der Waals surface area contributed by atoms with Crippen LogP contribution < -0.4 is 14.9 Å². The number of aryl methyl sites for hydroxylation is 1. The molecule has 3 aromatic carbocycles. The lowest BCUT2D eigenvalue weighted by atomic mass is 9.87. The van der Waals surface area contributed by atoms with Gasteiger partial charge in [0.2, 0.25) is 0 Å². The van der Waals surface area contributed by atoms with E-state index in [1.807, 2.05) is 35.8 Å². The van der Waals surface area contributed by atoms with Gasteiger partial charge in [-0.3, -0.25) is 14.2 Å². The Morgan fingerprint density at radius 2 is 1.71 bits per heavy atom. The average molecular weight is 572 g/mol. The van der Waals surface area contributed by atoms with Gasteiger partial charge in [-0.2, -0.15) is 5.10 Å². The van der Waals surface area contributed by atoms with Crippen LogP contribution >= 0.6 is 11.8 Å². The molecule has 0 unspecified atom stereocenters. The van der Waals surface area contributed by atoms with Crippen LogP contribution in [0.5, 0.6) is 11.5 Å². The molecule has 212 valence electrons. The number of thioether (sulfide) groups is 1. The van der Waals surface area contributed by atoms with Gasteiger partial charge in [0.15, 0.2) is 22.5 Å². The number of rotatable bonds is 9. The van der Waals surface area contributed by atoms with Crippen LogP contribution in [-0.2, 0) is 15.0 Å². The third kappa shape index (κ3) is 7.61. The van der Waals surface area contributed by atoms with E-state index in [9.17, 15) is 9.59 Å².